The number of fused-ring (bicyclic) bond motifs is 2. The maximum atomic E-state index is 11.6. The summed E-state index contributed by atoms with van der Waals surface area (Å²) in [7, 11) is 1.20. The molecule has 2 aliphatic rings. The summed E-state index contributed by atoms with van der Waals surface area (Å²) in [6.07, 6.45) is 0.530. The number of carbonyl (C=O) groups excluding carboxylic acids is 2. The van der Waals surface area contributed by atoms with E-state index in [1.165, 1.54) is 7.11 Å². The Morgan fingerprint density at radius 3 is 2.53 bits per heavy atom. The molecule has 6 heteroatoms. The molecule has 2 N–H and O–H groups in total. The fourth-order valence-electron chi connectivity index (χ4n) is 2.45. The van der Waals surface area contributed by atoms with Gasteiger partial charge in [0, 0.05) is 6.42 Å². The summed E-state index contributed by atoms with van der Waals surface area (Å²) in [4.78, 5) is 34.1. The molecule has 2 bridgehead atoms. The average Bonchev–Trinajstić information content (AvgIpc) is 2.71. The lowest BCUT2D eigenvalue weighted by molar-refractivity contribution is -0.157. The molecule has 2 unspecified atom stereocenters. The molecule has 0 aromatic heterocycles. The van der Waals surface area contributed by atoms with Crippen LogP contribution in [0.4, 0.5) is 0 Å². The monoisotopic (exact) mass is 213 g/mol. The zero-order valence-electron chi connectivity index (χ0n) is 8.20. The van der Waals surface area contributed by atoms with Crippen LogP contribution in [0.25, 0.3) is 0 Å². The van der Waals surface area contributed by atoms with Crippen molar-refractivity contribution in [2.45, 2.75) is 24.8 Å². The van der Waals surface area contributed by atoms with Gasteiger partial charge in [0.2, 0.25) is 5.91 Å². The molecule has 0 aromatic rings. The molecule has 15 heavy (non-hydrogen) atoms. The van der Waals surface area contributed by atoms with Gasteiger partial charge in [0.25, 0.3) is 0 Å². The van der Waals surface area contributed by atoms with Crippen molar-refractivity contribution in [2.24, 2.45) is 5.41 Å². The van der Waals surface area contributed by atoms with Gasteiger partial charge in [-0.25, -0.2) is 4.79 Å². The third-order valence-corrected chi connectivity index (χ3v) is 3.36. The lowest BCUT2D eigenvalue weighted by atomic mass is 9.86. The predicted octanol–water partition coefficient (Wildman–Crippen LogP) is -0.717. The highest BCUT2D eigenvalue weighted by Crippen LogP contribution is 2.50. The summed E-state index contributed by atoms with van der Waals surface area (Å²) in [5.74, 6) is -2.25. The van der Waals surface area contributed by atoms with Crippen molar-refractivity contribution >= 4 is 17.8 Å². The molecule has 1 amide bonds. The first-order chi connectivity index (χ1) is 6.97. The molecular formula is C9H11NO5. The van der Waals surface area contributed by atoms with E-state index in [0.29, 0.717) is 0 Å². The van der Waals surface area contributed by atoms with Crippen LogP contribution in [0.3, 0.4) is 0 Å². The molecule has 2 atom stereocenters. The van der Waals surface area contributed by atoms with E-state index >= 15 is 0 Å². The van der Waals surface area contributed by atoms with E-state index in [9.17, 15) is 14.4 Å². The summed E-state index contributed by atoms with van der Waals surface area (Å²) in [6, 6.07) is 0. The molecule has 1 heterocycles. The molecule has 2 rings (SSSR count). The molecule has 6 nitrogen and oxygen atoms in total. The number of carbonyl (C=O) groups is 3. The predicted molar refractivity (Wildman–Crippen MR) is 46.8 cm³/mol. The summed E-state index contributed by atoms with van der Waals surface area (Å²) in [6.45, 7) is 0. The zero-order valence-corrected chi connectivity index (χ0v) is 8.20. The fourth-order valence-corrected chi connectivity index (χ4v) is 2.45. The van der Waals surface area contributed by atoms with Crippen LogP contribution in [0.5, 0.6) is 0 Å². The molecule has 1 aliphatic carbocycles. The van der Waals surface area contributed by atoms with Crippen molar-refractivity contribution in [2.75, 3.05) is 7.11 Å². The highest BCUT2D eigenvalue weighted by Gasteiger charge is 2.67. The molecule has 1 saturated heterocycles. The second-order valence-electron chi connectivity index (χ2n) is 4.09. The van der Waals surface area contributed by atoms with Gasteiger partial charge in [-0.2, -0.15) is 0 Å². The maximum Gasteiger partial charge on any atom is 0.329 e. The van der Waals surface area contributed by atoms with Gasteiger partial charge in [0.15, 0.2) is 0 Å². The second-order valence-corrected chi connectivity index (χ2v) is 4.09. The van der Waals surface area contributed by atoms with Crippen molar-refractivity contribution < 1.29 is 24.2 Å². The first-order valence-electron chi connectivity index (χ1n) is 4.61. The number of carboxylic acids is 1. The van der Waals surface area contributed by atoms with Gasteiger partial charge in [-0.05, 0) is 12.8 Å². The number of methoxy groups -OCH3 is 1. The topological polar surface area (TPSA) is 92.7 Å². The van der Waals surface area contributed by atoms with Crippen molar-refractivity contribution in [1.82, 2.24) is 5.32 Å². The van der Waals surface area contributed by atoms with Crippen molar-refractivity contribution in [1.29, 1.82) is 0 Å². The van der Waals surface area contributed by atoms with E-state index in [4.69, 9.17) is 5.11 Å². The fraction of sp³-hybridized carbons (Fsp3) is 0.667. The highest BCUT2D eigenvalue weighted by atomic mass is 16.5. The molecule has 1 saturated carbocycles. The van der Waals surface area contributed by atoms with E-state index in [-0.39, 0.29) is 19.3 Å². The molecule has 82 valence electrons. The number of hydrogen-bond donors (Lipinski definition) is 2. The van der Waals surface area contributed by atoms with Crippen molar-refractivity contribution in [3.05, 3.63) is 0 Å². The van der Waals surface area contributed by atoms with Gasteiger partial charge in [-0.3, -0.25) is 9.59 Å². The first-order valence-corrected chi connectivity index (χ1v) is 4.61. The lowest BCUT2D eigenvalue weighted by Crippen LogP contribution is -2.51. The highest BCUT2D eigenvalue weighted by molar-refractivity contribution is 6.09. The number of rotatable bonds is 2. The minimum atomic E-state index is -1.27. The first kappa shape index (κ1) is 9.95. The van der Waals surface area contributed by atoms with E-state index in [0.717, 1.165) is 0 Å². The van der Waals surface area contributed by atoms with Crippen LogP contribution in [0, 0.1) is 5.41 Å². The molecular weight excluding hydrogens is 202 g/mol. The van der Waals surface area contributed by atoms with Crippen LogP contribution in [0.2, 0.25) is 0 Å². The van der Waals surface area contributed by atoms with Gasteiger partial charge in [0.05, 0.1) is 7.11 Å². The summed E-state index contributed by atoms with van der Waals surface area (Å²) < 4.78 is 4.56. The number of carboxylic acid groups (broad SMARTS) is 1. The summed E-state index contributed by atoms with van der Waals surface area (Å²) >= 11 is 0. The Labute approximate surface area is 85.6 Å². The zero-order chi connectivity index (χ0) is 11.3. The Kier molecular flexibility index (Phi) is 1.80. The number of amides is 1. The number of aliphatic carboxylic acids is 1. The van der Waals surface area contributed by atoms with E-state index in [2.05, 4.69) is 10.1 Å². The number of esters is 1. The third-order valence-electron chi connectivity index (χ3n) is 3.36. The Hall–Kier alpha value is -1.59. The second kappa shape index (κ2) is 2.71. The van der Waals surface area contributed by atoms with E-state index in [1.54, 1.807) is 0 Å². The number of nitrogens with one attached hydrogen (secondary N) is 1. The molecule has 1 aliphatic heterocycles. The smallest absolute Gasteiger partial charge is 0.329 e. The van der Waals surface area contributed by atoms with Gasteiger partial charge in [0.1, 0.15) is 11.0 Å². The Morgan fingerprint density at radius 1 is 1.47 bits per heavy atom. The molecule has 0 aromatic carbocycles. The summed E-state index contributed by atoms with van der Waals surface area (Å²) in [5.41, 5.74) is -2.53. The molecule has 2 fully saturated rings. The van der Waals surface area contributed by atoms with E-state index < -0.39 is 28.8 Å². The molecule has 0 spiro atoms. The number of hydrogen-bond acceptors (Lipinski definition) is 4. The average molecular weight is 213 g/mol. The van der Waals surface area contributed by atoms with Crippen LogP contribution >= 0.6 is 0 Å². The Balaban J connectivity index is 2.37. The SMILES string of the molecule is COC(=O)C12CCC(C(=O)O)(C1)NC2=O. The third kappa shape index (κ3) is 1.01. The molecule has 0 radical (unpaired) electrons. The van der Waals surface area contributed by atoms with Crippen LogP contribution in [0.1, 0.15) is 19.3 Å². The van der Waals surface area contributed by atoms with Gasteiger partial charge >= 0.3 is 11.9 Å². The van der Waals surface area contributed by atoms with Crippen LogP contribution in [-0.4, -0.2) is 35.6 Å². The maximum absolute atomic E-state index is 11.6. The van der Waals surface area contributed by atoms with E-state index in [1.807, 2.05) is 0 Å². The number of ether oxygens (including phenoxy) is 1. The quantitative estimate of drug-likeness (QED) is 0.466. The van der Waals surface area contributed by atoms with Crippen molar-refractivity contribution in [3.8, 4) is 0 Å². The minimum Gasteiger partial charge on any atom is -0.480 e. The van der Waals surface area contributed by atoms with Gasteiger partial charge in [-0.1, -0.05) is 0 Å². The van der Waals surface area contributed by atoms with Crippen LogP contribution < -0.4 is 5.32 Å². The van der Waals surface area contributed by atoms with Gasteiger partial charge < -0.3 is 15.2 Å². The lowest BCUT2D eigenvalue weighted by Gasteiger charge is -2.24. The number of piperidine rings is 1. The van der Waals surface area contributed by atoms with Crippen molar-refractivity contribution in [3.63, 3.8) is 0 Å². The van der Waals surface area contributed by atoms with Crippen LogP contribution in [-0.2, 0) is 19.1 Å². The van der Waals surface area contributed by atoms with Gasteiger partial charge in [-0.15, -0.1) is 0 Å². The minimum absolute atomic E-state index is 0.000833. The standard InChI is InChI=1S/C9H11NO5/c1-15-7(14)8-2-3-9(4-8,6(12)13)10-5(8)11/h2-4H2,1H3,(H,10,11)(H,12,13). The summed E-state index contributed by atoms with van der Waals surface area (Å²) in [5, 5.41) is 11.4. The Bertz CT molecular complexity index is 366. The van der Waals surface area contributed by atoms with Crippen LogP contribution in [0.15, 0.2) is 0 Å². The largest absolute Gasteiger partial charge is 0.480 e. The Morgan fingerprint density at radius 2 is 2.13 bits per heavy atom. The normalized spacial score (nSPS) is 37.5.